The van der Waals surface area contributed by atoms with Crippen LogP contribution in [0.25, 0.3) is 0 Å². The average molecular weight is 338 g/mol. The Kier molecular flexibility index (Phi) is 4.93. The summed E-state index contributed by atoms with van der Waals surface area (Å²) < 4.78 is 0. The molecule has 0 saturated carbocycles. The Hall–Kier alpha value is -0.950. The van der Waals surface area contributed by atoms with Crippen LogP contribution in [0.4, 0.5) is 5.69 Å². The molecule has 1 heterocycles. The molecule has 0 atom stereocenters. The minimum atomic E-state index is -0.251. The standard InChI is InChI=1S/C10H7Cl3N4OS/c11-5-1-6(12)10(7(13)2-5)15-8(18)4-19-9-3-14-17-16-9/h1-3H,4H2,(H,15,18)(H,14,16,17). The molecular formula is C10H7Cl3N4OS. The van der Waals surface area contributed by atoms with E-state index >= 15 is 0 Å². The normalized spacial score (nSPS) is 10.5. The van der Waals surface area contributed by atoms with E-state index in [-0.39, 0.29) is 21.7 Å². The van der Waals surface area contributed by atoms with Crippen LogP contribution >= 0.6 is 46.6 Å². The van der Waals surface area contributed by atoms with E-state index in [9.17, 15) is 4.79 Å². The molecule has 1 amide bonds. The first-order valence-electron chi connectivity index (χ1n) is 4.99. The van der Waals surface area contributed by atoms with Crippen LogP contribution in [0.3, 0.4) is 0 Å². The summed E-state index contributed by atoms with van der Waals surface area (Å²) in [6.45, 7) is 0. The number of carbonyl (C=O) groups is 1. The number of benzene rings is 1. The third kappa shape index (κ3) is 4.01. The maximum absolute atomic E-state index is 11.8. The van der Waals surface area contributed by atoms with Gasteiger partial charge in [-0.25, -0.2) is 0 Å². The Morgan fingerprint density at radius 2 is 2.00 bits per heavy atom. The van der Waals surface area contributed by atoms with Gasteiger partial charge in [0.1, 0.15) is 5.03 Å². The predicted molar refractivity (Wildman–Crippen MR) is 77.2 cm³/mol. The van der Waals surface area contributed by atoms with Crippen LogP contribution in [0.2, 0.25) is 15.1 Å². The maximum atomic E-state index is 11.8. The predicted octanol–water partition coefficient (Wildman–Crippen LogP) is 3.50. The van der Waals surface area contributed by atoms with Gasteiger partial charge in [-0.3, -0.25) is 4.79 Å². The number of rotatable bonds is 4. The van der Waals surface area contributed by atoms with Crippen LogP contribution in [-0.4, -0.2) is 27.1 Å². The third-order valence-electron chi connectivity index (χ3n) is 2.02. The Morgan fingerprint density at radius 1 is 1.32 bits per heavy atom. The van der Waals surface area contributed by atoms with E-state index < -0.39 is 0 Å². The molecule has 0 radical (unpaired) electrons. The van der Waals surface area contributed by atoms with Crippen molar-refractivity contribution >= 4 is 58.2 Å². The van der Waals surface area contributed by atoms with E-state index in [4.69, 9.17) is 34.8 Å². The number of anilines is 1. The van der Waals surface area contributed by atoms with Gasteiger partial charge in [0.05, 0.1) is 27.7 Å². The molecule has 2 rings (SSSR count). The van der Waals surface area contributed by atoms with Gasteiger partial charge in [0.15, 0.2) is 0 Å². The summed E-state index contributed by atoms with van der Waals surface area (Å²) in [7, 11) is 0. The van der Waals surface area contributed by atoms with E-state index in [0.717, 1.165) is 0 Å². The number of nitrogens with one attached hydrogen (secondary N) is 2. The summed E-state index contributed by atoms with van der Waals surface area (Å²) >= 11 is 18.9. The molecule has 0 aliphatic carbocycles. The molecule has 1 aromatic carbocycles. The average Bonchev–Trinajstić information content (AvgIpc) is 2.84. The van der Waals surface area contributed by atoms with Crippen molar-refractivity contribution in [3.8, 4) is 0 Å². The van der Waals surface area contributed by atoms with E-state index in [2.05, 4.69) is 20.7 Å². The molecular weight excluding hydrogens is 331 g/mol. The Bertz CT molecular complexity index is 567. The molecule has 2 aromatic rings. The molecule has 100 valence electrons. The monoisotopic (exact) mass is 336 g/mol. The van der Waals surface area contributed by atoms with Crippen molar-refractivity contribution in [3.05, 3.63) is 33.4 Å². The highest BCUT2D eigenvalue weighted by Gasteiger charge is 2.12. The van der Waals surface area contributed by atoms with Crippen molar-refractivity contribution < 1.29 is 4.79 Å². The van der Waals surface area contributed by atoms with Crippen molar-refractivity contribution in [1.29, 1.82) is 0 Å². The van der Waals surface area contributed by atoms with Crippen molar-refractivity contribution in [1.82, 2.24) is 15.4 Å². The Labute approximate surface area is 128 Å². The summed E-state index contributed by atoms with van der Waals surface area (Å²) in [4.78, 5) is 11.8. The van der Waals surface area contributed by atoms with Crippen LogP contribution < -0.4 is 5.32 Å². The lowest BCUT2D eigenvalue weighted by Gasteiger charge is -2.09. The van der Waals surface area contributed by atoms with Crippen LogP contribution in [0.15, 0.2) is 23.4 Å². The quantitative estimate of drug-likeness (QED) is 0.838. The van der Waals surface area contributed by atoms with Gasteiger partial charge in [-0.05, 0) is 12.1 Å². The maximum Gasteiger partial charge on any atom is 0.234 e. The van der Waals surface area contributed by atoms with Crippen LogP contribution in [0.1, 0.15) is 0 Å². The van der Waals surface area contributed by atoms with Crippen LogP contribution in [-0.2, 0) is 4.79 Å². The van der Waals surface area contributed by atoms with Gasteiger partial charge in [0.2, 0.25) is 5.91 Å². The molecule has 19 heavy (non-hydrogen) atoms. The third-order valence-corrected chi connectivity index (χ3v) is 3.73. The molecule has 0 spiro atoms. The molecule has 0 fully saturated rings. The lowest BCUT2D eigenvalue weighted by atomic mass is 10.3. The molecule has 0 bridgehead atoms. The fourth-order valence-corrected chi connectivity index (χ4v) is 2.73. The number of aromatic amines is 1. The van der Waals surface area contributed by atoms with Crippen molar-refractivity contribution in [2.75, 3.05) is 11.1 Å². The number of amides is 1. The van der Waals surface area contributed by atoms with Gasteiger partial charge in [0, 0.05) is 5.02 Å². The fourth-order valence-electron chi connectivity index (χ4n) is 1.24. The molecule has 2 N–H and O–H groups in total. The van der Waals surface area contributed by atoms with Gasteiger partial charge >= 0.3 is 0 Å². The SMILES string of the molecule is O=C(CSc1cn[nH]n1)Nc1c(Cl)cc(Cl)cc1Cl. The van der Waals surface area contributed by atoms with Gasteiger partial charge < -0.3 is 5.32 Å². The molecule has 0 aliphatic rings. The highest BCUT2D eigenvalue weighted by Crippen LogP contribution is 2.33. The van der Waals surface area contributed by atoms with Crippen LogP contribution in [0, 0.1) is 0 Å². The minimum absolute atomic E-state index is 0.168. The molecule has 0 saturated heterocycles. The molecule has 0 unspecified atom stereocenters. The second-order valence-corrected chi connectivity index (χ2v) is 5.64. The zero-order valence-corrected chi connectivity index (χ0v) is 12.4. The summed E-state index contributed by atoms with van der Waals surface area (Å²) in [5.74, 6) is -0.0823. The summed E-state index contributed by atoms with van der Waals surface area (Å²) in [5, 5.41) is 14.2. The van der Waals surface area contributed by atoms with Crippen LogP contribution in [0.5, 0.6) is 0 Å². The summed E-state index contributed by atoms with van der Waals surface area (Å²) in [6, 6.07) is 3.02. The number of hydrogen-bond acceptors (Lipinski definition) is 4. The fraction of sp³-hybridized carbons (Fsp3) is 0.100. The first-order valence-corrected chi connectivity index (χ1v) is 7.11. The molecule has 1 aromatic heterocycles. The lowest BCUT2D eigenvalue weighted by molar-refractivity contribution is -0.113. The minimum Gasteiger partial charge on any atom is -0.323 e. The highest BCUT2D eigenvalue weighted by molar-refractivity contribution is 7.99. The second kappa shape index (κ2) is 6.47. The number of nitrogens with zero attached hydrogens (tertiary/aromatic N) is 2. The second-order valence-electron chi connectivity index (χ2n) is 3.39. The lowest BCUT2D eigenvalue weighted by Crippen LogP contribution is -2.14. The number of hydrogen-bond donors (Lipinski definition) is 2. The summed E-state index contributed by atoms with van der Waals surface area (Å²) in [6.07, 6.45) is 1.53. The zero-order chi connectivity index (χ0) is 13.8. The highest BCUT2D eigenvalue weighted by atomic mass is 35.5. The zero-order valence-electron chi connectivity index (χ0n) is 9.28. The smallest absolute Gasteiger partial charge is 0.234 e. The van der Waals surface area contributed by atoms with E-state index in [0.29, 0.717) is 15.7 Å². The number of H-pyrrole nitrogens is 1. The Morgan fingerprint density at radius 3 is 2.58 bits per heavy atom. The number of thioether (sulfide) groups is 1. The van der Waals surface area contributed by atoms with E-state index in [1.54, 1.807) is 0 Å². The van der Waals surface area contributed by atoms with Crippen molar-refractivity contribution in [3.63, 3.8) is 0 Å². The Balaban J connectivity index is 1.99. The molecule has 9 heteroatoms. The first-order chi connectivity index (χ1) is 9.06. The van der Waals surface area contributed by atoms with Crippen molar-refractivity contribution in [2.24, 2.45) is 0 Å². The van der Waals surface area contributed by atoms with Gasteiger partial charge in [-0.15, -0.1) is 5.10 Å². The number of carbonyl (C=O) groups excluding carboxylic acids is 1. The van der Waals surface area contributed by atoms with Gasteiger partial charge in [0.25, 0.3) is 0 Å². The summed E-state index contributed by atoms with van der Waals surface area (Å²) in [5.41, 5.74) is 0.346. The van der Waals surface area contributed by atoms with E-state index in [1.807, 2.05) is 0 Å². The van der Waals surface area contributed by atoms with Crippen molar-refractivity contribution in [2.45, 2.75) is 5.03 Å². The number of halogens is 3. The van der Waals surface area contributed by atoms with E-state index in [1.165, 1.54) is 30.1 Å². The first kappa shape index (κ1) is 14.5. The van der Waals surface area contributed by atoms with Gasteiger partial charge in [-0.1, -0.05) is 46.6 Å². The molecule has 5 nitrogen and oxygen atoms in total. The molecule has 0 aliphatic heterocycles. The number of aromatic nitrogens is 3. The topological polar surface area (TPSA) is 70.7 Å². The van der Waals surface area contributed by atoms with Gasteiger partial charge in [-0.2, -0.15) is 10.3 Å². The largest absolute Gasteiger partial charge is 0.323 e.